The van der Waals surface area contributed by atoms with E-state index in [9.17, 15) is 4.79 Å². The van der Waals surface area contributed by atoms with Gasteiger partial charge in [0.2, 0.25) is 0 Å². The first-order chi connectivity index (χ1) is 8.41. The van der Waals surface area contributed by atoms with E-state index < -0.39 is 5.97 Å². The molecule has 1 aromatic rings. The van der Waals surface area contributed by atoms with E-state index >= 15 is 0 Å². The molecule has 1 heterocycles. The first-order valence-electron chi connectivity index (χ1n) is 6.13. The van der Waals surface area contributed by atoms with Crippen LogP contribution >= 0.6 is 11.8 Å². The van der Waals surface area contributed by atoms with Crippen LogP contribution in [0.4, 0.5) is 5.69 Å². The molecule has 0 saturated carbocycles. The molecule has 0 spiro atoms. The standard InChI is InChI=1S/C14H19NO2S/c1-8-5-6-11-14(9(8)2)15(4)10(3)12(18-11)7-13(16)17/h5-6,10,12H,7H2,1-4H3,(H,16,17). The van der Waals surface area contributed by atoms with Crippen LogP contribution < -0.4 is 4.90 Å². The smallest absolute Gasteiger partial charge is 0.304 e. The predicted molar refractivity (Wildman–Crippen MR) is 75.7 cm³/mol. The lowest BCUT2D eigenvalue weighted by Crippen LogP contribution is -2.42. The molecule has 0 saturated heterocycles. The number of carboxylic acid groups (broad SMARTS) is 1. The van der Waals surface area contributed by atoms with Crippen molar-refractivity contribution in [3.05, 3.63) is 23.3 Å². The highest BCUT2D eigenvalue weighted by Gasteiger charge is 2.32. The van der Waals surface area contributed by atoms with Gasteiger partial charge in [-0.3, -0.25) is 4.79 Å². The molecule has 1 N–H and O–H groups in total. The van der Waals surface area contributed by atoms with Gasteiger partial charge in [-0.1, -0.05) is 6.07 Å². The Balaban J connectivity index is 2.40. The maximum Gasteiger partial charge on any atom is 0.304 e. The quantitative estimate of drug-likeness (QED) is 0.892. The molecule has 1 aliphatic rings. The third-order valence-electron chi connectivity index (χ3n) is 3.82. The van der Waals surface area contributed by atoms with Crippen LogP contribution in [0.25, 0.3) is 0 Å². The van der Waals surface area contributed by atoms with Crippen LogP contribution in [0.15, 0.2) is 17.0 Å². The van der Waals surface area contributed by atoms with Crippen LogP contribution in [-0.2, 0) is 4.79 Å². The van der Waals surface area contributed by atoms with Crippen molar-refractivity contribution in [3.8, 4) is 0 Å². The van der Waals surface area contributed by atoms with Gasteiger partial charge in [0.1, 0.15) is 0 Å². The van der Waals surface area contributed by atoms with Crippen LogP contribution in [0.1, 0.15) is 24.5 Å². The summed E-state index contributed by atoms with van der Waals surface area (Å²) in [6.07, 6.45) is 0.211. The second-order valence-electron chi connectivity index (χ2n) is 4.96. The summed E-state index contributed by atoms with van der Waals surface area (Å²) < 4.78 is 0. The van der Waals surface area contributed by atoms with Crippen LogP contribution in [0.5, 0.6) is 0 Å². The molecule has 3 nitrogen and oxygen atoms in total. The second kappa shape index (κ2) is 4.84. The summed E-state index contributed by atoms with van der Waals surface area (Å²) in [6, 6.07) is 4.46. The molecule has 0 bridgehead atoms. The van der Waals surface area contributed by atoms with Crippen molar-refractivity contribution in [2.75, 3.05) is 11.9 Å². The van der Waals surface area contributed by atoms with Gasteiger partial charge in [-0.25, -0.2) is 0 Å². The van der Waals surface area contributed by atoms with Gasteiger partial charge in [-0.05, 0) is 38.0 Å². The number of hydrogen-bond acceptors (Lipinski definition) is 3. The molecule has 2 unspecified atom stereocenters. The lowest BCUT2D eigenvalue weighted by molar-refractivity contribution is -0.137. The van der Waals surface area contributed by atoms with Gasteiger partial charge >= 0.3 is 5.97 Å². The molecule has 4 heteroatoms. The molecule has 0 fully saturated rings. The van der Waals surface area contributed by atoms with E-state index in [1.165, 1.54) is 21.7 Å². The van der Waals surface area contributed by atoms with Crippen LogP contribution in [-0.4, -0.2) is 29.4 Å². The Morgan fingerprint density at radius 1 is 1.44 bits per heavy atom. The molecule has 0 radical (unpaired) electrons. The fourth-order valence-electron chi connectivity index (χ4n) is 2.41. The van der Waals surface area contributed by atoms with Gasteiger partial charge in [0.05, 0.1) is 12.1 Å². The number of hydrogen-bond donors (Lipinski definition) is 1. The summed E-state index contributed by atoms with van der Waals surface area (Å²) in [5, 5.41) is 9.10. The van der Waals surface area contributed by atoms with Crippen molar-refractivity contribution in [3.63, 3.8) is 0 Å². The molecule has 1 aromatic carbocycles. The maximum atomic E-state index is 10.9. The minimum atomic E-state index is -0.722. The highest BCUT2D eigenvalue weighted by atomic mass is 32.2. The normalized spacial score (nSPS) is 22.8. The van der Waals surface area contributed by atoms with E-state index in [0.29, 0.717) is 0 Å². The summed E-state index contributed by atoms with van der Waals surface area (Å²) in [4.78, 5) is 14.3. The number of nitrogens with zero attached hydrogens (tertiary/aromatic N) is 1. The number of carboxylic acids is 1. The maximum absolute atomic E-state index is 10.9. The fraction of sp³-hybridized carbons (Fsp3) is 0.500. The molecule has 1 aliphatic heterocycles. The third-order valence-corrected chi connectivity index (χ3v) is 5.27. The Kier molecular flexibility index (Phi) is 3.57. The number of anilines is 1. The summed E-state index contributed by atoms with van der Waals surface area (Å²) in [5.41, 5.74) is 3.84. The predicted octanol–water partition coefficient (Wildman–Crippen LogP) is 3.08. The number of benzene rings is 1. The molecular weight excluding hydrogens is 246 g/mol. The Morgan fingerprint density at radius 3 is 2.72 bits per heavy atom. The van der Waals surface area contributed by atoms with Crippen molar-refractivity contribution in [2.24, 2.45) is 0 Å². The van der Waals surface area contributed by atoms with Crippen molar-refractivity contribution >= 4 is 23.4 Å². The zero-order valence-corrected chi connectivity index (χ0v) is 12.0. The van der Waals surface area contributed by atoms with E-state index in [4.69, 9.17) is 5.11 Å². The summed E-state index contributed by atoms with van der Waals surface area (Å²) >= 11 is 1.70. The second-order valence-corrected chi connectivity index (χ2v) is 6.24. The topological polar surface area (TPSA) is 40.5 Å². The van der Waals surface area contributed by atoms with E-state index in [1.54, 1.807) is 11.8 Å². The number of thioether (sulfide) groups is 1. The Labute approximate surface area is 112 Å². The van der Waals surface area contributed by atoms with Crippen LogP contribution in [0.2, 0.25) is 0 Å². The SMILES string of the molecule is Cc1ccc2c(c1C)N(C)C(C)C(CC(=O)O)S2. The van der Waals surface area contributed by atoms with Gasteiger partial charge < -0.3 is 10.0 Å². The zero-order valence-electron chi connectivity index (χ0n) is 11.2. The molecule has 0 amide bonds. The van der Waals surface area contributed by atoms with Gasteiger partial charge in [-0.2, -0.15) is 0 Å². The Morgan fingerprint density at radius 2 is 2.11 bits per heavy atom. The van der Waals surface area contributed by atoms with Gasteiger partial charge in [0.15, 0.2) is 0 Å². The van der Waals surface area contributed by atoms with Crippen LogP contribution in [0.3, 0.4) is 0 Å². The fourth-order valence-corrected chi connectivity index (χ4v) is 3.90. The average Bonchev–Trinajstić information content (AvgIpc) is 2.29. The summed E-state index contributed by atoms with van der Waals surface area (Å²) in [5.74, 6) is -0.722. The molecule has 18 heavy (non-hydrogen) atoms. The number of aliphatic carboxylic acids is 1. The van der Waals surface area contributed by atoms with E-state index in [1.807, 2.05) is 0 Å². The first-order valence-corrected chi connectivity index (χ1v) is 7.01. The summed E-state index contributed by atoms with van der Waals surface area (Å²) in [6.45, 7) is 6.35. The first kappa shape index (κ1) is 13.3. The molecule has 98 valence electrons. The molecule has 0 aliphatic carbocycles. The monoisotopic (exact) mass is 265 g/mol. The minimum absolute atomic E-state index is 0.113. The Hall–Kier alpha value is -1.16. The molecule has 0 aromatic heterocycles. The number of rotatable bonds is 2. The molecular formula is C14H19NO2S. The average molecular weight is 265 g/mol. The lowest BCUT2D eigenvalue weighted by Gasteiger charge is -2.40. The largest absolute Gasteiger partial charge is 0.481 e. The van der Waals surface area contributed by atoms with Crippen molar-refractivity contribution in [1.29, 1.82) is 0 Å². The van der Waals surface area contributed by atoms with Crippen molar-refractivity contribution in [2.45, 2.75) is 43.4 Å². The number of aryl methyl sites for hydroxylation is 1. The van der Waals surface area contributed by atoms with Crippen LogP contribution in [0, 0.1) is 13.8 Å². The number of fused-ring (bicyclic) bond motifs is 1. The van der Waals surface area contributed by atoms with Crippen molar-refractivity contribution < 1.29 is 9.90 Å². The third kappa shape index (κ3) is 2.21. The Bertz CT molecular complexity index is 487. The van der Waals surface area contributed by atoms with Gasteiger partial charge in [0.25, 0.3) is 0 Å². The highest BCUT2D eigenvalue weighted by molar-refractivity contribution is 8.00. The van der Waals surface area contributed by atoms with E-state index in [-0.39, 0.29) is 17.7 Å². The molecule has 2 rings (SSSR count). The van der Waals surface area contributed by atoms with Gasteiger partial charge in [0, 0.05) is 23.2 Å². The summed E-state index contributed by atoms with van der Waals surface area (Å²) in [7, 11) is 2.06. The number of carbonyl (C=O) groups is 1. The van der Waals surface area contributed by atoms with E-state index in [2.05, 4.69) is 44.9 Å². The zero-order chi connectivity index (χ0) is 13.4. The van der Waals surface area contributed by atoms with E-state index in [0.717, 1.165) is 0 Å². The molecule has 2 atom stereocenters. The van der Waals surface area contributed by atoms with Gasteiger partial charge in [-0.15, -0.1) is 11.8 Å². The minimum Gasteiger partial charge on any atom is -0.481 e. The van der Waals surface area contributed by atoms with Crippen molar-refractivity contribution in [1.82, 2.24) is 0 Å². The highest BCUT2D eigenvalue weighted by Crippen LogP contribution is 2.44. The lowest BCUT2D eigenvalue weighted by atomic mass is 10.0.